The molecule has 0 aromatic heterocycles. The normalized spacial score (nSPS) is 23.8. The van der Waals surface area contributed by atoms with Gasteiger partial charge in [0, 0.05) is 38.3 Å². The highest BCUT2D eigenvalue weighted by molar-refractivity contribution is 7.88. The lowest BCUT2D eigenvalue weighted by Crippen LogP contribution is -2.42. The molecule has 10 heteroatoms. The third-order valence-corrected chi connectivity index (χ3v) is 6.54. The molecule has 8 nitrogen and oxygen atoms in total. The van der Waals surface area contributed by atoms with E-state index >= 15 is 0 Å². The maximum Gasteiger partial charge on any atom is 0.211 e. The summed E-state index contributed by atoms with van der Waals surface area (Å²) >= 11 is 0. The van der Waals surface area contributed by atoms with E-state index in [9.17, 15) is 16.8 Å². The zero-order valence-electron chi connectivity index (χ0n) is 13.3. The highest BCUT2D eigenvalue weighted by Gasteiger charge is 2.23. The van der Waals surface area contributed by atoms with Crippen LogP contribution in [0.25, 0.3) is 0 Å². The van der Waals surface area contributed by atoms with Crippen LogP contribution in [0.15, 0.2) is 0 Å². The average Bonchev–Trinajstić information content (AvgIpc) is 2.38. The van der Waals surface area contributed by atoms with E-state index in [2.05, 4.69) is 0 Å². The van der Waals surface area contributed by atoms with Gasteiger partial charge in [0.1, 0.15) is 0 Å². The van der Waals surface area contributed by atoms with Gasteiger partial charge in [-0.3, -0.25) is 0 Å². The van der Waals surface area contributed by atoms with Crippen LogP contribution in [0.4, 0.5) is 0 Å². The highest BCUT2D eigenvalue weighted by Crippen LogP contribution is 2.11. The Morgan fingerprint density at radius 1 is 0.682 bits per heavy atom. The van der Waals surface area contributed by atoms with Crippen LogP contribution in [0.1, 0.15) is 25.7 Å². The number of hydrogen-bond donors (Lipinski definition) is 2. The summed E-state index contributed by atoms with van der Waals surface area (Å²) < 4.78 is 46.9. The molecule has 0 aromatic carbocycles. The molecule has 0 unspecified atom stereocenters. The molecule has 0 bridgehead atoms. The summed E-state index contributed by atoms with van der Waals surface area (Å²) in [4.78, 5) is 0. The molecular weight excluding hydrogens is 328 g/mol. The fourth-order valence-corrected chi connectivity index (χ4v) is 4.16. The second kappa shape index (κ2) is 8.02. The fraction of sp³-hybridized carbons (Fsp3) is 1.00. The van der Waals surface area contributed by atoms with Gasteiger partial charge in [-0.1, -0.05) is 0 Å². The van der Waals surface area contributed by atoms with Crippen molar-refractivity contribution in [1.29, 1.82) is 0 Å². The van der Waals surface area contributed by atoms with Crippen LogP contribution in [0, 0.1) is 0 Å². The van der Waals surface area contributed by atoms with Gasteiger partial charge in [-0.05, 0) is 25.7 Å². The van der Waals surface area contributed by atoms with Gasteiger partial charge >= 0.3 is 0 Å². The average molecular weight is 357 g/mol. The summed E-state index contributed by atoms with van der Waals surface area (Å²) in [5.41, 5.74) is 11.2. The molecule has 0 aliphatic carbocycles. The summed E-state index contributed by atoms with van der Waals surface area (Å²) in [6, 6.07) is 0.376. The lowest BCUT2D eigenvalue weighted by molar-refractivity contribution is 0.321. The molecule has 132 valence electrons. The van der Waals surface area contributed by atoms with Crippen LogP contribution < -0.4 is 11.5 Å². The lowest BCUT2D eigenvalue weighted by atomic mass is 10.1. The van der Waals surface area contributed by atoms with Crippen molar-refractivity contribution in [2.45, 2.75) is 37.8 Å². The predicted molar refractivity (Wildman–Crippen MR) is 87.3 cm³/mol. The lowest BCUT2D eigenvalue weighted by Gasteiger charge is -2.27. The Morgan fingerprint density at radius 3 is 1.09 bits per heavy atom. The van der Waals surface area contributed by atoms with Crippen LogP contribution >= 0.6 is 0 Å². The first-order valence-electron chi connectivity index (χ1n) is 7.41. The molecule has 0 atom stereocenters. The molecular formula is C12H28N4O4S2. The minimum absolute atomic E-state index is 0.188. The fourth-order valence-electron chi connectivity index (χ4n) is 2.41. The number of sulfonamides is 2. The van der Waals surface area contributed by atoms with Crippen molar-refractivity contribution >= 4 is 20.0 Å². The number of hydrogen-bond acceptors (Lipinski definition) is 6. The molecule has 22 heavy (non-hydrogen) atoms. The van der Waals surface area contributed by atoms with Crippen LogP contribution in [0.2, 0.25) is 0 Å². The van der Waals surface area contributed by atoms with Crippen molar-refractivity contribution in [2.24, 2.45) is 11.5 Å². The summed E-state index contributed by atoms with van der Waals surface area (Å²) in [5, 5.41) is 0. The van der Waals surface area contributed by atoms with Crippen molar-refractivity contribution in [3.05, 3.63) is 0 Å². The van der Waals surface area contributed by atoms with E-state index in [4.69, 9.17) is 11.5 Å². The Bertz CT molecular complexity index is 483. The highest BCUT2D eigenvalue weighted by atomic mass is 32.2. The summed E-state index contributed by atoms with van der Waals surface area (Å²) in [7, 11) is -5.94. The van der Waals surface area contributed by atoms with E-state index in [0.717, 1.165) is 25.7 Å². The first kappa shape index (κ1) is 19.8. The number of rotatable bonds is 2. The minimum Gasteiger partial charge on any atom is -0.328 e. The molecule has 0 saturated carbocycles. The van der Waals surface area contributed by atoms with E-state index in [1.165, 1.54) is 21.1 Å². The monoisotopic (exact) mass is 356 g/mol. The molecule has 2 aliphatic rings. The van der Waals surface area contributed by atoms with Gasteiger partial charge in [0.15, 0.2) is 0 Å². The van der Waals surface area contributed by atoms with E-state index in [-0.39, 0.29) is 12.1 Å². The maximum absolute atomic E-state index is 11.0. The van der Waals surface area contributed by atoms with Gasteiger partial charge in [0.2, 0.25) is 20.0 Å². The predicted octanol–water partition coefficient (Wildman–Crippen LogP) is -1.26. The van der Waals surface area contributed by atoms with Crippen LogP contribution in [0.3, 0.4) is 0 Å². The van der Waals surface area contributed by atoms with Gasteiger partial charge in [0.05, 0.1) is 12.5 Å². The maximum atomic E-state index is 11.0. The van der Waals surface area contributed by atoms with Crippen molar-refractivity contribution in [1.82, 2.24) is 8.61 Å². The molecule has 0 radical (unpaired) electrons. The first-order valence-corrected chi connectivity index (χ1v) is 11.1. The van der Waals surface area contributed by atoms with Crippen LogP contribution in [-0.4, -0.2) is 76.2 Å². The SMILES string of the molecule is CS(=O)(=O)N1CCC(N)CC1.CS(=O)(=O)N1CCC(N)CC1. The second-order valence-electron chi connectivity index (χ2n) is 6.00. The van der Waals surface area contributed by atoms with Gasteiger partial charge in [0.25, 0.3) is 0 Å². The zero-order chi connectivity index (χ0) is 17.0. The molecule has 2 rings (SSSR count). The Labute approximate surface area is 133 Å². The van der Waals surface area contributed by atoms with Gasteiger partial charge in [-0.15, -0.1) is 0 Å². The summed E-state index contributed by atoms with van der Waals surface area (Å²) in [6.07, 6.45) is 5.62. The Kier molecular flexibility index (Phi) is 7.21. The Morgan fingerprint density at radius 2 is 0.909 bits per heavy atom. The van der Waals surface area contributed by atoms with E-state index in [1.807, 2.05) is 0 Å². The number of nitrogens with zero attached hydrogens (tertiary/aromatic N) is 2. The Hall–Kier alpha value is -0.260. The van der Waals surface area contributed by atoms with Crippen molar-refractivity contribution in [3.8, 4) is 0 Å². The molecule has 0 spiro atoms. The van der Waals surface area contributed by atoms with Crippen LogP contribution in [0.5, 0.6) is 0 Å². The number of nitrogens with two attached hydrogens (primary N) is 2. The molecule has 0 amide bonds. The molecule has 2 heterocycles. The van der Waals surface area contributed by atoms with E-state index in [1.54, 1.807) is 0 Å². The quantitative estimate of drug-likeness (QED) is 0.636. The Balaban J connectivity index is 0.000000220. The standard InChI is InChI=1S/2C6H14N2O2S/c2*1-11(9,10)8-4-2-6(7)3-5-8/h2*6H,2-5,7H2,1H3. The van der Waals surface area contributed by atoms with E-state index in [0.29, 0.717) is 26.2 Å². The molecule has 2 aliphatic heterocycles. The summed E-state index contributed by atoms with van der Waals surface area (Å²) in [6.45, 7) is 2.33. The molecule has 2 saturated heterocycles. The van der Waals surface area contributed by atoms with Crippen molar-refractivity contribution < 1.29 is 16.8 Å². The largest absolute Gasteiger partial charge is 0.328 e. The van der Waals surface area contributed by atoms with Crippen LogP contribution in [-0.2, 0) is 20.0 Å². The topological polar surface area (TPSA) is 127 Å². The molecule has 0 aromatic rings. The molecule has 2 fully saturated rings. The smallest absolute Gasteiger partial charge is 0.211 e. The van der Waals surface area contributed by atoms with Gasteiger partial charge in [-0.25, -0.2) is 25.4 Å². The van der Waals surface area contributed by atoms with Crippen molar-refractivity contribution in [2.75, 3.05) is 38.7 Å². The third-order valence-electron chi connectivity index (χ3n) is 3.94. The number of piperidine rings is 2. The van der Waals surface area contributed by atoms with Gasteiger partial charge < -0.3 is 11.5 Å². The summed E-state index contributed by atoms with van der Waals surface area (Å²) in [5.74, 6) is 0. The minimum atomic E-state index is -2.97. The third kappa shape index (κ3) is 6.88. The zero-order valence-corrected chi connectivity index (χ0v) is 14.9. The second-order valence-corrected chi connectivity index (χ2v) is 9.96. The molecule has 4 N–H and O–H groups in total. The van der Waals surface area contributed by atoms with Gasteiger partial charge in [-0.2, -0.15) is 0 Å². The van der Waals surface area contributed by atoms with Crippen molar-refractivity contribution in [3.63, 3.8) is 0 Å². The first-order chi connectivity index (χ1) is 10.00. The van der Waals surface area contributed by atoms with E-state index < -0.39 is 20.0 Å².